The van der Waals surface area contributed by atoms with E-state index >= 15 is 0 Å². The molecule has 0 aromatic heterocycles. The van der Waals surface area contributed by atoms with Crippen LogP contribution in [-0.2, 0) is 14.3 Å². The summed E-state index contributed by atoms with van der Waals surface area (Å²) in [7, 11) is 3.18. The molecule has 0 saturated heterocycles. The Balaban J connectivity index is 1.99. The maximum atomic E-state index is 13.0. The van der Waals surface area contributed by atoms with Crippen molar-refractivity contribution in [3.8, 4) is 11.5 Å². The van der Waals surface area contributed by atoms with Gasteiger partial charge in [-0.05, 0) is 41.3 Å². The van der Waals surface area contributed by atoms with E-state index in [-0.39, 0.29) is 11.5 Å². The van der Waals surface area contributed by atoms with Crippen LogP contribution in [0.2, 0.25) is 0 Å². The lowest BCUT2D eigenvalue weighted by molar-refractivity contribution is -0.154. The third kappa shape index (κ3) is 6.45. The van der Waals surface area contributed by atoms with Crippen LogP contribution in [0.3, 0.4) is 0 Å². The zero-order chi connectivity index (χ0) is 24.5. The molecule has 0 bridgehead atoms. The second-order valence-corrected chi connectivity index (χ2v) is 8.22. The first kappa shape index (κ1) is 25.0. The number of ketones is 1. The first-order valence-electron chi connectivity index (χ1n) is 11.1. The molecule has 6 heteroatoms. The van der Waals surface area contributed by atoms with Gasteiger partial charge in [0, 0.05) is 12.2 Å². The Kier molecular flexibility index (Phi) is 8.82. The Hall–Kier alpha value is -3.64. The predicted octanol–water partition coefficient (Wildman–Crippen LogP) is 5.58. The molecule has 0 saturated carbocycles. The largest absolute Gasteiger partial charge is 0.497 e. The van der Waals surface area contributed by atoms with Gasteiger partial charge in [-0.15, -0.1) is 0 Å². The molecular formula is C28H30O6. The number of methoxy groups -OCH3 is 2. The summed E-state index contributed by atoms with van der Waals surface area (Å²) in [6, 6.07) is 22.9. The second kappa shape index (κ2) is 12.0. The Morgan fingerprint density at radius 2 is 1.21 bits per heavy atom. The van der Waals surface area contributed by atoms with Crippen molar-refractivity contribution >= 4 is 11.8 Å². The lowest BCUT2D eigenvalue weighted by Gasteiger charge is -2.29. The average molecular weight is 463 g/mol. The summed E-state index contributed by atoms with van der Waals surface area (Å²) in [5, 5.41) is 0. The van der Waals surface area contributed by atoms with Crippen molar-refractivity contribution < 1.29 is 28.5 Å². The smallest absolute Gasteiger partial charge is 0.380 e. The van der Waals surface area contributed by atoms with Gasteiger partial charge in [-0.3, -0.25) is 4.79 Å². The van der Waals surface area contributed by atoms with Crippen LogP contribution in [0, 0.1) is 5.92 Å². The number of ether oxygens (including phenoxy) is 4. The Bertz CT molecular complexity index is 1060. The molecule has 0 radical (unpaired) electrons. The third-order valence-corrected chi connectivity index (χ3v) is 5.23. The summed E-state index contributed by atoms with van der Waals surface area (Å²) < 4.78 is 22.7. The molecule has 0 fully saturated rings. The number of benzene rings is 3. The zero-order valence-electron chi connectivity index (χ0n) is 19.9. The van der Waals surface area contributed by atoms with Crippen LogP contribution in [0.25, 0.3) is 0 Å². The van der Waals surface area contributed by atoms with Crippen molar-refractivity contribution in [1.29, 1.82) is 0 Å². The summed E-state index contributed by atoms with van der Waals surface area (Å²) in [6.07, 6.45) is -1.51. The highest BCUT2D eigenvalue weighted by Crippen LogP contribution is 2.37. The molecule has 0 aliphatic rings. The van der Waals surface area contributed by atoms with Crippen LogP contribution < -0.4 is 9.47 Å². The normalized spacial score (nSPS) is 12.6. The molecule has 0 amide bonds. The molecule has 0 heterocycles. The molecule has 6 nitrogen and oxygen atoms in total. The summed E-state index contributed by atoms with van der Waals surface area (Å²) >= 11 is 0. The van der Waals surface area contributed by atoms with E-state index in [1.54, 1.807) is 68.8 Å². The fourth-order valence-corrected chi connectivity index (χ4v) is 3.42. The zero-order valence-corrected chi connectivity index (χ0v) is 19.9. The van der Waals surface area contributed by atoms with Crippen LogP contribution in [0.4, 0.5) is 0 Å². The number of hydrogen-bond acceptors (Lipinski definition) is 6. The van der Waals surface area contributed by atoms with E-state index in [1.165, 1.54) is 0 Å². The Labute approximate surface area is 200 Å². The monoisotopic (exact) mass is 462 g/mol. The van der Waals surface area contributed by atoms with Crippen molar-refractivity contribution in [3.05, 3.63) is 95.6 Å². The molecule has 3 rings (SSSR count). The number of hydrogen-bond donors (Lipinski definition) is 0. The molecular weight excluding hydrogens is 432 g/mol. The van der Waals surface area contributed by atoms with Gasteiger partial charge in [-0.2, -0.15) is 0 Å². The van der Waals surface area contributed by atoms with Crippen molar-refractivity contribution in [1.82, 2.24) is 0 Å². The van der Waals surface area contributed by atoms with Crippen LogP contribution in [0.5, 0.6) is 11.5 Å². The van der Waals surface area contributed by atoms with E-state index in [2.05, 4.69) is 0 Å². The van der Waals surface area contributed by atoms with Crippen LogP contribution in [0.15, 0.2) is 78.9 Å². The van der Waals surface area contributed by atoms with Crippen molar-refractivity contribution in [2.45, 2.75) is 26.1 Å². The van der Waals surface area contributed by atoms with Gasteiger partial charge in [0.15, 0.2) is 6.10 Å². The van der Waals surface area contributed by atoms with E-state index in [0.717, 1.165) is 5.56 Å². The van der Waals surface area contributed by atoms with Gasteiger partial charge in [0.2, 0.25) is 0 Å². The quantitative estimate of drug-likeness (QED) is 0.210. The maximum Gasteiger partial charge on any atom is 0.380 e. The van der Waals surface area contributed by atoms with Gasteiger partial charge in [-0.25, -0.2) is 4.79 Å². The minimum absolute atomic E-state index is 0.249. The molecule has 34 heavy (non-hydrogen) atoms. The SMILES string of the molecule is COc1ccc([C@@H](OC(=O)C(=O)c2ccccc2)[C@@H](OCC(C)C)c2ccc(OC)cc2)cc1. The minimum atomic E-state index is -0.946. The number of carbonyl (C=O) groups is 2. The molecule has 0 spiro atoms. The first-order chi connectivity index (χ1) is 16.4. The lowest BCUT2D eigenvalue weighted by Crippen LogP contribution is -2.26. The molecule has 0 N–H and O–H groups in total. The summed E-state index contributed by atoms with van der Waals surface area (Å²) in [5.41, 5.74) is 1.74. The third-order valence-electron chi connectivity index (χ3n) is 5.23. The first-order valence-corrected chi connectivity index (χ1v) is 11.1. The topological polar surface area (TPSA) is 71.1 Å². The second-order valence-electron chi connectivity index (χ2n) is 8.22. The fraction of sp³-hybridized carbons (Fsp3) is 0.286. The van der Waals surface area contributed by atoms with Gasteiger partial charge in [-0.1, -0.05) is 68.4 Å². The van der Waals surface area contributed by atoms with Gasteiger partial charge in [0.05, 0.1) is 14.2 Å². The van der Waals surface area contributed by atoms with Crippen molar-refractivity contribution in [2.24, 2.45) is 5.92 Å². The van der Waals surface area contributed by atoms with Crippen molar-refractivity contribution in [3.63, 3.8) is 0 Å². The predicted molar refractivity (Wildman–Crippen MR) is 129 cm³/mol. The van der Waals surface area contributed by atoms with Crippen LogP contribution >= 0.6 is 0 Å². The van der Waals surface area contributed by atoms with E-state index < -0.39 is 24.0 Å². The number of Topliss-reactive ketones (excluding diaryl/α,β-unsaturated/α-hetero) is 1. The molecule has 0 unspecified atom stereocenters. The highest BCUT2D eigenvalue weighted by Gasteiger charge is 2.32. The van der Waals surface area contributed by atoms with E-state index in [4.69, 9.17) is 18.9 Å². The fourth-order valence-electron chi connectivity index (χ4n) is 3.42. The number of rotatable bonds is 11. The minimum Gasteiger partial charge on any atom is -0.497 e. The van der Waals surface area contributed by atoms with Gasteiger partial charge in [0.25, 0.3) is 5.78 Å². The standard InChI is InChI=1S/C28H30O6/c1-19(2)18-33-26(21-10-14-23(31-3)15-11-21)27(22-12-16-24(32-4)17-13-22)34-28(30)25(29)20-8-6-5-7-9-20/h5-17,19,26-27H,18H2,1-4H3/t26-,27+/m0/s1. The summed E-state index contributed by atoms with van der Waals surface area (Å²) in [5.74, 6) is -0.0454. The molecule has 0 aliphatic heterocycles. The summed E-state index contributed by atoms with van der Waals surface area (Å²) in [6.45, 7) is 4.52. The van der Waals surface area contributed by atoms with Gasteiger partial charge < -0.3 is 18.9 Å². The van der Waals surface area contributed by atoms with Crippen LogP contribution in [-0.4, -0.2) is 32.6 Å². The number of carbonyl (C=O) groups excluding carboxylic acids is 2. The Morgan fingerprint density at radius 3 is 1.68 bits per heavy atom. The molecule has 178 valence electrons. The molecule has 3 aromatic rings. The Morgan fingerprint density at radius 1 is 0.706 bits per heavy atom. The highest BCUT2D eigenvalue weighted by atomic mass is 16.6. The van der Waals surface area contributed by atoms with Gasteiger partial charge >= 0.3 is 5.97 Å². The van der Waals surface area contributed by atoms with Gasteiger partial charge in [0.1, 0.15) is 17.6 Å². The van der Waals surface area contributed by atoms with E-state index in [0.29, 0.717) is 23.7 Å². The average Bonchev–Trinajstić information content (AvgIpc) is 2.88. The highest BCUT2D eigenvalue weighted by molar-refractivity contribution is 6.40. The summed E-state index contributed by atoms with van der Waals surface area (Å²) in [4.78, 5) is 25.7. The molecule has 3 aromatic carbocycles. The maximum absolute atomic E-state index is 13.0. The van der Waals surface area contributed by atoms with E-state index in [1.807, 2.05) is 38.1 Å². The molecule has 2 atom stereocenters. The van der Waals surface area contributed by atoms with Crippen molar-refractivity contribution in [2.75, 3.05) is 20.8 Å². The van der Waals surface area contributed by atoms with E-state index in [9.17, 15) is 9.59 Å². The molecule has 0 aliphatic carbocycles. The number of esters is 1. The van der Waals surface area contributed by atoms with Crippen LogP contribution in [0.1, 0.15) is 47.5 Å². The lowest BCUT2D eigenvalue weighted by atomic mass is 9.97.